The van der Waals surface area contributed by atoms with E-state index in [0.717, 1.165) is 37.1 Å². The molecule has 0 aromatic heterocycles. The first-order valence-electron chi connectivity index (χ1n) is 12.8. The molecule has 0 fully saturated rings. The van der Waals surface area contributed by atoms with Gasteiger partial charge < -0.3 is 4.74 Å². The van der Waals surface area contributed by atoms with Gasteiger partial charge in [0.15, 0.2) is 17.5 Å². The maximum atomic E-state index is 14.9. The molecule has 0 bridgehead atoms. The van der Waals surface area contributed by atoms with Crippen LogP contribution in [0.3, 0.4) is 0 Å². The lowest BCUT2D eigenvalue weighted by molar-refractivity contribution is -0.189. The van der Waals surface area contributed by atoms with E-state index in [1.54, 1.807) is 0 Å². The van der Waals surface area contributed by atoms with E-state index in [-0.39, 0.29) is 28.7 Å². The summed E-state index contributed by atoms with van der Waals surface area (Å²) in [4.78, 5) is 0. The molecule has 43 heavy (non-hydrogen) atoms. The highest BCUT2D eigenvalue weighted by Gasteiger charge is 2.41. The van der Waals surface area contributed by atoms with Crippen molar-refractivity contribution in [3.8, 4) is 28.7 Å². The molecular formula is C32H20F10O. The standard InChI is InChI=1S/C32H20F10O/c1-2-3-4-5-17-10-25(36)30(26(37)11-17)32(41,42)43-21-15-23(34)29(24(35)16-21)20-9-8-19(22(33)14-20)7-6-18-12-27(38)31(40)28(39)13-18/h8-16H,2-5H2,1H3. The molecule has 4 aromatic carbocycles. The molecule has 0 unspecified atom stereocenters. The molecule has 0 aliphatic rings. The summed E-state index contributed by atoms with van der Waals surface area (Å²) in [6.45, 7) is 1.92. The molecule has 1 nitrogen and oxygen atoms in total. The van der Waals surface area contributed by atoms with E-state index >= 15 is 0 Å². The molecule has 4 aromatic rings. The molecule has 224 valence electrons. The molecule has 0 aliphatic carbocycles. The molecule has 0 heterocycles. The van der Waals surface area contributed by atoms with Crippen molar-refractivity contribution in [3.63, 3.8) is 0 Å². The van der Waals surface area contributed by atoms with Gasteiger partial charge in [-0.1, -0.05) is 37.7 Å². The monoisotopic (exact) mass is 610 g/mol. The van der Waals surface area contributed by atoms with Crippen molar-refractivity contribution in [2.45, 2.75) is 38.7 Å². The predicted octanol–water partition coefficient (Wildman–Crippen LogP) is 9.73. The van der Waals surface area contributed by atoms with Gasteiger partial charge in [-0.2, -0.15) is 8.78 Å². The number of halogens is 10. The Balaban J connectivity index is 1.58. The number of alkyl halides is 2. The van der Waals surface area contributed by atoms with Crippen LogP contribution in [0.2, 0.25) is 0 Å². The lowest BCUT2D eigenvalue weighted by Gasteiger charge is -2.20. The lowest BCUT2D eigenvalue weighted by Crippen LogP contribution is -2.25. The SMILES string of the molecule is CCCCCc1cc(F)c(C(F)(F)Oc2cc(F)c(-c3ccc(C#Cc4cc(F)c(F)c(F)c4)c(F)c3)c(F)c2)c(F)c1. The Kier molecular flexibility index (Phi) is 9.38. The van der Waals surface area contributed by atoms with Crippen molar-refractivity contribution in [2.24, 2.45) is 0 Å². The van der Waals surface area contributed by atoms with Crippen molar-refractivity contribution in [1.29, 1.82) is 0 Å². The number of ether oxygens (including phenoxy) is 1. The fourth-order valence-corrected chi connectivity index (χ4v) is 4.25. The third kappa shape index (κ3) is 7.13. The van der Waals surface area contributed by atoms with E-state index in [4.69, 9.17) is 0 Å². The number of unbranched alkanes of at least 4 members (excludes halogenated alkanes) is 2. The fourth-order valence-electron chi connectivity index (χ4n) is 4.25. The van der Waals surface area contributed by atoms with Crippen molar-refractivity contribution in [1.82, 2.24) is 0 Å². The van der Waals surface area contributed by atoms with Crippen LogP contribution in [0.5, 0.6) is 5.75 Å². The Morgan fingerprint density at radius 3 is 1.81 bits per heavy atom. The number of aryl methyl sites for hydroxylation is 1. The Bertz CT molecular complexity index is 1670. The van der Waals surface area contributed by atoms with Crippen LogP contribution in [0.1, 0.15) is 48.4 Å². The van der Waals surface area contributed by atoms with Crippen molar-refractivity contribution in [3.05, 3.63) is 123 Å². The minimum atomic E-state index is -4.65. The Labute approximate surface area is 239 Å². The Hall–Kier alpha value is -4.46. The predicted molar refractivity (Wildman–Crippen MR) is 138 cm³/mol. The largest absolute Gasteiger partial charge is 0.432 e. The normalized spacial score (nSPS) is 11.3. The van der Waals surface area contributed by atoms with Gasteiger partial charge in [0.25, 0.3) is 0 Å². The summed E-state index contributed by atoms with van der Waals surface area (Å²) in [6.07, 6.45) is -2.20. The van der Waals surface area contributed by atoms with Gasteiger partial charge in [-0.3, -0.25) is 0 Å². The first-order chi connectivity index (χ1) is 20.3. The second kappa shape index (κ2) is 12.8. The number of hydrogen-bond donors (Lipinski definition) is 0. The van der Waals surface area contributed by atoms with Crippen LogP contribution < -0.4 is 4.74 Å². The van der Waals surface area contributed by atoms with E-state index in [1.807, 2.05) is 6.92 Å². The number of hydrogen-bond acceptors (Lipinski definition) is 1. The van der Waals surface area contributed by atoms with E-state index < -0.39 is 69.5 Å². The van der Waals surface area contributed by atoms with E-state index in [1.165, 1.54) is 0 Å². The zero-order valence-corrected chi connectivity index (χ0v) is 22.2. The molecule has 0 radical (unpaired) electrons. The van der Waals surface area contributed by atoms with Crippen molar-refractivity contribution in [2.75, 3.05) is 0 Å². The summed E-state index contributed by atoms with van der Waals surface area (Å²) in [6, 6.07) is 6.02. The van der Waals surface area contributed by atoms with E-state index in [0.29, 0.717) is 36.8 Å². The van der Waals surface area contributed by atoms with E-state index in [9.17, 15) is 43.9 Å². The van der Waals surface area contributed by atoms with Gasteiger partial charge in [0.05, 0.1) is 11.1 Å². The first kappa shape index (κ1) is 31.5. The molecule has 4 rings (SSSR count). The molecule has 0 amide bonds. The third-order valence-electron chi connectivity index (χ3n) is 6.31. The van der Waals surface area contributed by atoms with Crippen molar-refractivity contribution < 1.29 is 48.6 Å². The second-order valence-electron chi connectivity index (χ2n) is 9.47. The highest BCUT2D eigenvalue weighted by atomic mass is 19.3. The molecule has 11 heteroatoms. The number of rotatable bonds is 8. The zero-order valence-electron chi connectivity index (χ0n) is 22.2. The molecule has 0 spiro atoms. The van der Waals surface area contributed by atoms with Crippen LogP contribution >= 0.6 is 0 Å². The van der Waals surface area contributed by atoms with Crippen LogP contribution in [0.4, 0.5) is 43.9 Å². The van der Waals surface area contributed by atoms with Gasteiger partial charge >= 0.3 is 6.11 Å². The first-order valence-corrected chi connectivity index (χ1v) is 12.8. The summed E-state index contributed by atoms with van der Waals surface area (Å²) >= 11 is 0. The highest BCUT2D eigenvalue weighted by Crippen LogP contribution is 2.38. The lowest BCUT2D eigenvalue weighted by atomic mass is 10.0. The average molecular weight is 610 g/mol. The number of benzene rings is 4. The molecule has 0 saturated heterocycles. The smallest absolute Gasteiger partial charge is 0.429 e. The van der Waals surface area contributed by atoms with Gasteiger partial charge in [-0.05, 0) is 60.4 Å². The van der Waals surface area contributed by atoms with Crippen molar-refractivity contribution >= 4 is 0 Å². The Morgan fingerprint density at radius 1 is 0.651 bits per heavy atom. The summed E-state index contributed by atoms with van der Waals surface area (Å²) in [5.74, 6) is -8.58. The highest BCUT2D eigenvalue weighted by molar-refractivity contribution is 5.67. The van der Waals surface area contributed by atoms with Gasteiger partial charge in [0.1, 0.15) is 40.4 Å². The fraction of sp³-hybridized carbons (Fsp3) is 0.188. The second-order valence-corrected chi connectivity index (χ2v) is 9.47. The Morgan fingerprint density at radius 2 is 1.26 bits per heavy atom. The topological polar surface area (TPSA) is 9.23 Å². The molecular weight excluding hydrogens is 590 g/mol. The summed E-state index contributed by atoms with van der Waals surface area (Å²) < 4.78 is 147. The van der Waals surface area contributed by atoms with Crippen LogP contribution in [-0.4, -0.2) is 0 Å². The third-order valence-corrected chi connectivity index (χ3v) is 6.31. The summed E-state index contributed by atoms with van der Waals surface area (Å²) in [5.41, 5.74) is -3.47. The maximum Gasteiger partial charge on any atom is 0.432 e. The molecule has 0 N–H and O–H groups in total. The average Bonchev–Trinajstić information content (AvgIpc) is 2.90. The van der Waals surface area contributed by atoms with Gasteiger partial charge in [0, 0.05) is 17.7 Å². The quantitative estimate of drug-likeness (QED) is 0.0836. The summed E-state index contributed by atoms with van der Waals surface area (Å²) in [5, 5.41) is 0. The van der Waals surface area contributed by atoms with Crippen LogP contribution in [-0.2, 0) is 12.5 Å². The van der Waals surface area contributed by atoms with Crippen LogP contribution in [0.15, 0.2) is 54.6 Å². The van der Waals surface area contributed by atoms with Gasteiger partial charge in [-0.25, -0.2) is 35.1 Å². The molecule has 0 saturated carbocycles. The van der Waals surface area contributed by atoms with Crippen LogP contribution in [0.25, 0.3) is 11.1 Å². The maximum absolute atomic E-state index is 14.9. The van der Waals surface area contributed by atoms with Gasteiger partial charge in [-0.15, -0.1) is 0 Å². The molecule has 0 aliphatic heterocycles. The minimum Gasteiger partial charge on any atom is -0.429 e. The zero-order chi connectivity index (χ0) is 31.5. The van der Waals surface area contributed by atoms with Gasteiger partial charge in [0.2, 0.25) is 0 Å². The molecule has 0 atom stereocenters. The minimum absolute atomic E-state index is 0.159. The summed E-state index contributed by atoms with van der Waals surface area (Å²) in [7, 11) is 0. The van der Waals surface area contributed by atoms with Crippen LogP contribution in [0, 0.1) is 58.4 Å². The van der Waals surface area contributed by atoms with E-state index in [2.05, 4.69) is 16.6 Å².